The first-order chi connectivity index (χ1) is 7.79. The highest BCUT2D eigenvalue weighted by Gasteiger charge is 2.13. The molecule has 1 heterocycles. The molecule has 0 amide bonds. The average Bonchev–Trinajstić information content (AvgIpc) is 2.15. The van der Waals surface area contributed by atoms with E-state index in [2.05, 4.69) is 4.98 Å². The van der Waals surface area contributed by atoms with E-state index in [9.17, 15) is 13.2 Å². The molecule has 0 aliphatic carbocycles. The van der Waals surface area contributed by atoms with E-state index >= 15 is 0 Å². The van der Waals surface area contributed by atoms with Crippen LogP contribution >= 0.6 is 23.2 Å². The molecule has 1 aromatic heterocycles. The minimum atomic E-state index is -3.05. The minimum Gasteiger partial charge on any atom is -0.292 e. The maximum atomic E-state index is 11.7. The summed E-state index contributed by atoms with van der Waals surface area (Å²) in [5.74, 6) is -0.306. The Kier molecular flexibility index (Phi) is 4.91. The first kappa shape index (κ1) is 14.4. The van der Waals surface area contributed by atoms with Gasteiger partial charge in [0.2, 0.25) is 0 Å². The van der Waals surface area contributed by atoms with E-state index in [1.54, 1.807) is 0 Å². The molecular weight excluding hydrogens is 285 g/mol. The van der Waals surface area contributed by atoms with Crippen LogP contribution in [0.4, 0.5) is 0 Å². The van der Waals surface area contributed by atoms with Crippen molar-refractivity contribution in [3.05, 3.63) is 28.0 Å². The molecule has 94 valence electrons. The van der Waals surface area contributed by atoms with Gasteiger partial charge in [0.1, 0.15) is 15.5 Å². The van der Waals surface area contributed by atoms with E-state index < -0.39 is 9.84 Å². The van der Waals surface area contributed by atoms with Crippen molar-refractivity contribution in [2.24, 2.45) is 0 Å². The Hall–Kier alpha value is -0.650. The predicted octanol–water partition coefficient (Wildman–Crippen LogP) is 2.40. The summed E-state index contributed by atoms with van der Waals surface area (Å²) in [5, 5.41) is 0.532. The Morgan fingerprint density at radius 3 is 2.59 bits per heavy atom. The summed E-state index contributed by atoms with van der Waals surface area (Å²) in [5.41, 5.74) is 0.129. The molecule has 0 fully saturated rings. The highest BCUT2D eigenvalue weighted by atomic mass is 35.5. The standard InChI is InChI=1S/C10H11Cl2NO3S/c1-17(15,16)4-2-3-9(14)10-8(12)5-7(11)6-13-10/h5-6H,2-4H2,1H3. The average molecular weight is 296 g/mol. The zero-order valence-corrected chi connectivity index (χ0v) is 11.4. The molecule has 0 spiro atoms. The molecule has 0 N–H and O–H groups in total. The molecule has 1 aromatic rings. The Morgan fingerprint density at radius 1 is 1.41 bits per heavy atom. The number of Topliss-reactive ketones (excluding diaryl/α,β-unsaturated/α-hetero) is 1. The van der Waals surface area contributed by atoms with Crippen molar-refractivity contribution in [1.82, 2.24) is 4.98 Å². The SMILES string of the molecule is CS(=O)(=O)CCCC(=O)c1ncc(Cl)cc1Cl. The number of sulfone groups is 1. The van der Waals surface area contributed by atoms with E-state index in [0.29, 0.717) is 5.02 Å². The van der Waals surface area contributed by atoms with Crippen molar-refractivity contribution in [3.8, 4) is 0 Å². The number of ketones is 1. The molecule has 1 rings (SSSR count). The van der Waals surface area contributed by atoms with Gasteiger partial charge in [-0.2, -0.15) is 0 Å². The summed E-state index contributed by atoms with van der Waals surface area (Å²) in [4.78, 5) is 15.5. The molecule has 0 unspecified atom stereocenters. The van der Waals surface area contributed by atoms with Gasteiger partial charge in [-0.25, -0.2) is 8.42 Å². The van der Waals surface area contributed by atoms with Crippen LogP contribution in [0.25, 0.3) is 0 Å². The van der Waals surface area contributed by atoms with Crippen molar-refractivity contribution in [2.45, 2.75) is 12.8 Å². The monoisotopic (exact) mass is 295 g/mol. The number of hydrogen-bond acceptors (Lipinski definition) is 4. The second kappa shape index (κ2) is 5.80. The van der Waals surface area contributed by atoms with Crippen LogP contribution in [-0.2, 0) is 9.84 Å². The first-order valence-corrected chi connectivity index (χ1v) is 7.63. The fraction of sp³-hybridized carbons (Fsp3) is 0.400. The van der Waals surface area contributed by atoms with Gasteiger partial charge in [-0.1, -0.05) is 23.2 Å². The zero-order valence-electron chi connectivity index (χ0n) is 9.11. The van der Waals surface area contributed by atoms with Crippen LogP contribution in [0.3, 0.4) is 0 Å². The Balaban J connectivity index is 2.65. The molecule has 0 radical (unpaired) electrons. The van der Waals surface area contributed by atoms with Crippen molar-refractivity contribution >= 4 is 38.8 Å². The lowest BCUT2D eigenvalue weighted by molar-refractivity contribution is 0.0977. The molecule has 0 saturated carbocycles. The van der Waals surface area contributed by atoms with E-state index in [1.807, 2.05) is 0 Å². The van der Waals surface area contributed by atoms with Crippen LogP contribution in [0.15, 0.2) is 12.3 Å². The Labute approximate surface area is 110 Å². The summed E-state index contributed by atoms with van der Waals surface area (Å²) in [7, 11) is -3.05. The van der Waals surface area contributed by atoms with E-state index in [4.69, 9.17) is 23.2 Å². The molecule has 4 nitrogen and oxygen atoms in total. The predicted molar refractivity (Wildman–Crippen MR) is 67.5 cm³/mol. The molecule has 0 atom stereocenters. The number of rotatable bonds is 5. The van der Waals surface area contributed by atoms with Gasteiger partial charge in [0, 0.05) is 18.9 Å². The second-order valence-corrected chi connectivity index (χ2v) is 6.74. The normalized spacial score (nSPS) is 11.5. The van der Waals surface area contributed by atoms with Crippen molar-refractivity contribution in [3.63, 3.8) is 0 Å². The summed E-state index contributed by atoms with van der Waals surface area (Å²) < 4.78 is 21.8. The Morgan fingerprint density at radius 2 is 2.06 bits per heavy atom. The molecule has 0 aromatic carbocycles. The summed E-state index contributed by atoms with van der Waals surface area (Å²) in [6.07, 6.45) is 2.82. The van der Waals surface area contributed by atoms with E-state index in [-0.39, 0.29) is 35.1 Å². The first-order valence-electron chi connectivity index (χ1n) is 4.81. The molecular formula is C10H11Cl2NO3S. The fourth-order valence-electron chi connectivity index (χ4n) is 1.23. The van der Waals surface area contributed by atoms with E-state index in [0.717, 1.165) is 6.26 Å². The molecule has 17 heavy (non-hydrogen) atoms. The third-order valence-electron chi connectivity index (χ3n) is 1.99. The highest BCUT2D eigenvalue weighted by molar-refractivity contribution is 7.90. The van der Waals surface area contributed by atoms with Crippen molar-refractivity contribution < 1.29 is 13.2 Å². The number of hydrogen-bond donors (Lipinski definition) is 0. The van der Waals surface area contributed by atoms with Gasteiger partial charge >= 0.3 is 0 Å². The quantitative estimate of drug-likeness (QED) is 0.783. The zero-order chi connectivity index (χ0) is 13.1. The largest absolute Gasteiger partial charge is 0.292 e. The summed E-state index contributed by atoms with van der Waals surface area (Å²) >= 11 is 11.5. The number of pyridine rings is 1. The molecule has 0 aliphatic rings. The lowest BCUT2D eigenvalue weighted by atomic mass is 10.1. The number of carbonyl (C=O) groups is 1. The second-order valence-electron chi connectivity index (χ2n) is 3.64. The fourth-order valence-corrected chi connectivity index (χ4v) is 2.39. The summed E-state index contributed by atoms with van der Waals surface area (Å²) in [6, 6.07) is 1.43. The summed E-state index contributed by atoms with van der Waals surface area (Å²) in [6.45, 7) is 0. The van der Waals surface area contributed by atoms with Crippen LogP contribution in [0.2, 0.25) is 10.0 Å². The highest BCUT2D eigenvalue weighted by Crippen LogP contribution is 2.20. The molecule has 0 saturated heterocycles. The third-order valence-corrected chi connectivity index (χ3v) is 3.52. The van der Waals surface area contributed by atoms with Crippen LogP contribution in [0.1, 0.15) is 23.3 Å². The van der Waals surface area contributed by atoms with Crippen molar-refractivity contribution in [1.29, 1.82) is 0 Å². The van der Waals surface area contributed by atoms with Gasteiger partial charge in [0.05, 0.1) is 15.8 Å². The Bertz CT molecular complexity index is 528. The van der Waals surface area contributed by atoms with Crippen molar-refractivity contribution in [2.75, 3.05) is 12.0 Å². The third kappa shape index (κ3) is 5.02. The maximum Gasteiger partial charge on any atom is 0.182 e. The van der Waals surface area contributed by atoms with Crippen LogP contribution in [-0.4, -0.2) is 31.2 Å². The number of halogens is 2. The van der Waals surface area contributed by atoms with E-state index in [1.165, 1.54) is 12.3 Å². The number of aromatic nitrogens is 1. The minimum absolute atomic E-state index is 0.0239. The topological polar surface area (TPSA) is 64.1 Å². The molecule has 0 aliphatic heterocycles. The van der Waals surface area contributed by atoms with Gasteiger partial charge < -0.3 is 0 Å². The van der Waals surface area contributed by atoms with Crippen LogP contribution in [0, 0.1) is 0 Å². The van der Waals surface area contributed by atoms with Gasteiger partial charge in [-0.05, 0) is 12.5 Å². The number of nitrogens with zero attached hydrogens (tertiary/aromatic N) is 1. The van der Waals surface area contributed by atoms with Gasteiger partial charge in [0.15, 0.2) is 5.78 Å². The lowest BCUT2D eigenvalue weighted by Gasteiger charge is -2.02. The van der Waals surface area contributed by atoms with Crippen LogP contribution in [0.5, 0.6) is 0 Å². The smallest absolute Gasteiger partial charge is 0.182 e. The van der Waals surface area contributed by atoms with Crippen LogP contribution < -0.4 is 0 Å². The van der Waals surface area contributed by atoms with Gasteiger partial charge in [-0.15, -0.1) is 0 Å². The molecule has 0 bridgehead atoms. The van der Waals surface area contributed by atoms with Gasteiger partial charge in [0.25, 0.3) is 0 Å². The lowest BCUT2D eigenvalue weighted by Crippen LogP contribution is -2.08. The van der Waals surface area contributed by atoms with Gasteiger partial charge in [-0.3, -0.25) is 9.78 Å². The maximum absolute atomic E-state index is 11.7. The number of carbonyl (C=O) groups excluding carboxylic acids is 1. The molecule has 7 heteroatoms.